The Hall–Kier alpha value is -1.71. The van der Waals surface area contributed by atoms with Crippen LogP contribution < -0.4 is 10.1 Å². The first-order valence-electron chi connectivity index (χ1n) is 8.50. The Labute approximate surface area is 167 Å². The van der Waals surface area contributed by atoms with E-state index in [-0.39, 0.29) is 18.7 Å². The van der Waals surface area contributed by atoms with E-state index >= 15 is 0 Å². The Morgan fingerprint density at radius 3 is 3.04 bits per heavy atom. The molecule has 1 saturated heterocycles. The normalized spacial score (nSPS) is 17.9. The van der Waals surface area contributed by atoms with E-state index < -0.39 is 12.0 Å². The number of nitrogens with zero attached hydrogens (tertiary/aromatic N) is 2. The van der Waals surface area contributed by atoms with Crippen molar-refractivity contribution < 1.29 is 23.8 Å². The van der Waals surface area contributed by atoms with Gasteiger partial charge in [-0.3, -0.25) is 4.98 Å². The number of pyridine rings is 1. The van der Waals surface area contributed by atoms with Gasteiger partial charge in [-0.1, -0.05) is 11.6 Å². The molecule has 0 aromatic carbocycles. The van der Waals surface area contributed by atoms with Gasteiger partial charge in [0.1, 0.15) is 24.5 Å². The molecule has 0 saturated carbocycles. The molecule has 1 aromatic rings. The van der Waals surface area contributed by atoms with Crippen LogP contribution in [0.4, 0.5) is 4.79 Å². The number of methoxy groups -OCH3 is 1. The molecule has 0 radical (unpaired) electrons. The van der Waals surface area contributed by atoms with Crippen LogP contribution in [0.2, 0.25) is 5.02 Å². The lowest BCUT2D eigenvalue weighted by molar-refractivity contribution is -0.143. The summed E-state index contributed by atoms with van der Waals surface area (Å²) in [6, 6.07) is 0.684. The standard InChI is InChI=1S/C17H24ClN3O5S/c1-24-16(22)15(3-6-27-2)20-17(23)21-4-5-25-14(10-21)11-26-13-7-12(18)8-19-9-13/h7-9,14-15H,3-6,10-11H2,1-2H3,(H,20,23)/t14?,15-/m0/s1. The molecule has 1 aliphatic heterocycles. The fourth-order valence-electron chi connectivity index (χ4n) is 2.53. The quantitative estimate of drug-likeness (QED) is 0.645. The number of aromatic nitrogens is 1. The van der Waals surface area contributed by atoms with E-state index in [1.807, 2.05) is 6.26 Å². The summed E-state index contributed by atoms with van der Waals surface area (Å²) in [5.41, 5.74) is 0. The van der Waals surface area contributed by atoms with E-state index in [9.17, 15) is 9.59 Å². The molecule has 2 heterocycles. The molecule has 150 valence electrons. The number of thioether (sulfide) groups is 1. The maximum atomic E-state index is 12.5. The minimum absolute atomic E-state index is 0.263. The molecule has 1 aliphatic rings. The predicted octanol–water partition coefficient (Wildman–Crippen LogP) is 1.82. The molecule has 0 bridgehead atoms. The third-order valence-electron chi connectivity index (χ3n) is 3.94. The van der Waals surface area contributed by atoms with Gasteiger partial charge in [-0.2, -0.15) is 11.8 Å². The van der Waals surface area contributed by atoms with Gasteiger partial charge < -0.3 is 24.4 Å². The fourth-order valence-corrected chi connectivity index (χ4v) is 3.17. The number of ether oxygens (including phenoxy) is 3. The van der Waals surface area contributed by atoms with Gasteiger partial charge in [0, 0.05) is 18.8 Å². The SMILES string of the molecule is COC(=O)[C@H](CCSC)NC(=O)N1CCOC(COc2cncc(Cl)c2)C1. The number of hydrogen-bond donors (Lipinski definition) is 1. The zero-order valence-corrected chi connectivity index (χ0v) is 16.9. The molecule has 1 fully saturated rings. The van der Waals surface area contributed by atoms with Crippen molar-refractivity contribution >= 4 is 35.4 Å². The molecule has 2 atom stereocenters. The van der Waals surface area contributed by atoms with Crippen molar-refractivity contribution in [2.75, 3.05) is 45.4 Å². The number of halogens is 1. The van der Waals surface area contributed by atoms with Gasteiger partial charge in [-0.15, -0.1) is 0 Å². The lowest BCUT2D eigenvalue weighted by Crippen LogP contribution is -2.54. The van der Waals surface area contributed by atoms with Crippen LogP contribution >= 0.6 is 23.4 Å². The van der Waals surface area contributed by atoms with Gasteiger partial charge in [0.05, 0.1) is 31.5 Å². The number of esters is 1. The number of urea groups is 1. The first-order valence-corrected chi connectivity index (χ1v) is 10.3. The maximum absolute atomic E-state index is 12.5. The Morgan fingerprint density at radius 2 is 2.33 bits per heavy atom. The molecule has 1 aromatic heterocycles. The summed E-state index contributed by atoms with van der Waals surface area (Å²) >= 11 is 7.48. The zero-order chi connectivity index (χ0) is 19.6. The molecule has 1 unspecified atom stereocenters. The highest BCUT2D eigenvalue weighted by Gasteiger charge is 2.28. The Bertz CT molecular complexity index is 636. The van der Waals surface area contributed by atoms with Gasteiger partial charge in [-0.25, -0.2) is 9.59 Å². The second-order valence-corrected chi connectivity index (χ2v) is 7.32. The van der Waals surface area contributed by atoms with Crippen LogP contribution in [0, 0.1) is 0 Å². The van der Waals surface area contributed by atoms with Gasteiger partial charge in [0.15, 0.2) is 0 Å². The number of rotatable bonds is 8. The monoisotopic (exact) mass is 417 g/mol. The molecular formula is C17H24ClN3O5S. The topological polar surface area (TPSA) is 90.0 Å². The van der Waals surface area contributed by atoms with Gasteiger partial charge in [-0.05, 0) is 18.4 Å². The number of carbonyl (C=O) groups is 2. The van der Waals surface area contributed by atoms with Crippen molar-refractivity contribution in [1.29, 1.82) is 0 Å². The highest BCUT2D eigenvalue weighted by atomic mass is 35.5. The number of carbonyl (C=O) groups excluding carboxylic acids is 2. The van der Waals surface area contributed by atoms with Crippen LogP contribution in [0.5, 0.6) is 5.75 Å². The molecule has 0 aliphatic carbocycles. The number of nitrogens with one attached hydrogen (secondary N) is 1. The van der Waals surface area contributed by atoms with E-state index in [4.69, 9.17) is 25.8 Å². The highest BCUT2D eigenvalue weighted by Crippen LogP contribution is 2.16. The number of hydrogen-bond acceptors (Lipinski definition) is 7. The summed E-state index contributed by atoms with van der Waals surface area (Å²) in [7, 11) is 1.31. The summed E-state index contributed by atoms with van der Waals surface area (Å²) in [6.07, 6.45) is 5.25. The van der Waals surface area contributed by atoms with Crippen LogP contribution in [0.15, 0.2) is 18.5 Å². The Morgan fingerprint density at radius 1 is 1.52 bits per heavy atom. The second kappa shape index (κ2) is 11.2. The average Bonchev–Trinajstić information content (AvgIpc) is 2.69. The van der Waals surface area contributed by atoms with Crippen LogP contribution in [-0.2, 0) is 14.3 Å². The number of amides is 2. The summed E-state index contributed by atoms with van der Waals surface area (Å²) in [5.74, 6) is 0.835. The smallest absolute Gasteiger partial charge is 0.328 e. The molecule has 10 heteroatoms. The predicted molar refractivity (Wildman–Crippen MR) is 103 cm³/mol. The van der Waals surface area contributed by atoms with E-state index in [0.717, 1.165) is 5.75 Å². The molecule has 8 nitrogen and oxygen atoms in total. The van der Waals surface area contributed by atoms with Gasteiger partial charge in [0.2, 0.25) is 0 Å². The van der Waals surface area contributed by atoms with Crippen molar-refractivity contribution in [2.24, 2.45) is 0 Å². The summed E-state index contributed by atoms with van der Waals surface area (Å²) in [4.78, 5) is 30.0. The third-order valence-corrected chi connectivity index (χ3v) is 4.79. The molecule has 2 rings (SSSR count). The molecular weight excluding hydrogens is 394 g/mol. The van der Waals surface area contributed by atoms with Crippen molar-refractivity contribution in [1.82, 2.24) is 15.2 Å². The van der Waals surface area contributed by atoms with Crippen molar-refractivity contribution in [3.05, 3.63) is 23.5 Å². The third kappa shape index (κ3) is 7.08. The second-order valence-electron chi connectivity index (χ2n) is 5.90. The summed E-state index contributed by atoms with van der Waals surface area (Å²) in [5, 5.41) is 3.23. The fraction of sp³-hybridized carbons (Fsp3) is 0.588. The Kier molecular flexibility index (Phi) is 8.96. The van der Waals surface area contributed by atoms with Gasteiger partial charge in [0.25, 0.3) is 0 Å². The van der Waals surface area contributed by atoms with E-state index in [1.54, 1.807) is 28.9 Å². The van der Waals surface area contributed by atoms with Crippen LogP contribution in [-0.4, -0.2) is 79.5 Å². The Balaban J connectivity index is 1.86. The zero-order valence-electron chi connectivity index (χ0n) is 15.4. The first-order chi connectivity index (χ1) is 13.0. The maximum Gasteiger partial charge on any atom is 0.328 e. The largest absolute Gasteiger partial charge is 0.489 e. The number of morpholine rings is 1. The van der Waals surface area contributed by atoms with Crippen molar-refractivity contribution in [3.8, 4) is 5.75 Å². The van der Waals surface area contributed by atoms with Gasteiger partial charge >= 0.3 is 12.0 Å². The average molecular weight is 418 g/mol. The van der Waals surface area contributed by atoms with Crippen LogP contribution in [0.25, 0.3) is 0 Å². The first kappa shape index (κ1) is 21.6. The molecule has 1 N–H and O–H groups in total. The van der Waals surface area contributed by atoms with Crippen molar-refractivity contribution in [2.45, 2.75) is 18.6 Å². The minimum Gasteiger partial charge on any atom is -0.489 e. The summed E-state index contributed by atoms with van der Waals surface area (Å²) < 4.78 is 16.1. The molecule has 27 heavy (non-hydrogen) atoms. The molecule has 0 spiro atoms. The van der Waals surface area contributed by atoms with Crippen LogP contribution in [0.1, 0.15) is 6.42 Å². The van der Waals surface area contributed by atoms with E-state index in [1.165, 1.54) is 13.3 Å². The molecule has 2 amide bonds. The van der Waals surface area contributed by atoms with E-state index in [2.05, 4.69) is 10.3 Å². The summed E-state index contributed by atoms with van der Waals surface area (Å²) in [6.45, 7) is 1.45. The van der Waals surface area contributed by atoms with Crippen LogP contribution in [0.3, 0.4) is 0 Å². The lowest BCUT2D eigenvalue weighted by Gasteiger charge is -2.33. The van der Waals surface area contributed by atoms with Crippen molar-refractivity contribution in [3.63, 3.8) is 0 Å². The highest BCUT2D eigenvalue weighted by molar-refractivity contribution is 7.98. The van der Waals surface area contributed by atoms with E-state index in [0.29, 0.717) is 36.9 Å². The lowest BCUT2D eigenvalue weighted by atomic mass is 10.2. The minimum atomic E-state index is -0.662.